The Bertz CT molecular complexity index is 729. The van der Waals surface area contributed by atoms with Crippen LogP contribution in [-0.2, 0) is 13.5 Å². The molecule has 2 heterocycles. The third-order valence-corrected chi connectivity index (χ3v) is 3.73. The lowest BCUT2D eigenvalue weighted by molar-refractivity contribution is 0.552. The van der Waals surface area contributed by atoms with Crippen molar-refractivity contribution in [3.8, 4) is 0 Å². The normalized spacial score (nSPS) is 12.7. The van der Waals surface area contributed by atoms with Crippen molar-refractivity contribution in [3.05, 3.63) is 54.1 Å². The fourth-order valence-corrected chi connectivity index (χ4v) is 2.66. The number of benzene rings is 1. The van der Waals surface area contributed by atoms with Crippen LogP contribution in [-0.4, -0.2) is 26.8 Å². The lowest BCUT2D eigenvalue weighted by atomic mass is 9.99. The summed E-state index contributed by atoms with van der Waals surface area (Å²) in [7, 11) is 3.93. The lowest BCUT2D eigenvalue weighted by Crippen LogP contribution is -2.17. The summed E-state index contributed by atoms with van der Waals surface area (Å²) in [6, 6.07) is 6.42. The number of para-hydroxylation sites is 1. The van der Waals surface area contributed by atoms with Gasteiger partial charge in [-0.2, -0.15) is 5.10 Å². The average molecular weight is 281 g/mol. The molecule has 0 spiro atoms. The number of aryl methyl sites for hydroxylation is 2. The monoisotopic (exact) mass is 281 g/mol. The minimum Gasteiger partial charge on any atom is -0.313 e. The van der Waals surface area contributed by atoms with E-state index in [1.165, 1.54) is 11.1 Å². The first-order valence-electron chi connectivity index (χ1n) is 7.12. The van der Waals surface area contributed by atoms with E-state index in [0.717, 1.165) is 23.9 Å². The van der Waals surface area contributed by atoms with E-state index in [-0.39, 0.29) is 6.04 Å². The van der Waals surface area contributed by atoms with Gasteiger partial charge in [0.1, 0.15) is 0 Å². The first-order chi connectivity index (χ1) is 10.3. The van der Waals surface area contributed by atoms with E-state index < -0.39 is 0 Å². The molecule has 0 aliphatic carbocycles. The maximum Gasteiger partial charge on any atom is 0.0934 e. The van der Waals surface area contributed by atoms with E-state index in [2.05, 4.69) is 32.6 Å². The number of hydrogen-bond donors (Lipinski definition) is 1. The highest BCUT2D eigenvalue weighted by Crippen LogP contribution is 2.24. The van der Waals surface area contributed by atoms with Crippen LogP contribution in [0.15, 0.2) is 43.0 Å². The second kappa shape index (κ2) is 6.01. The van der Waals surface area contributed by atoms with Gasteiger partial charge in [0.25, 0.3) is 0 Å². The average Bonchev–Trinajstić information content (AvgIpc) is 2.93. The minimum atomic E-state index is 0.255. The molecule has 1 aromatic carbocycles. The van der Waals surface area contributed by atoms with Crippen LogP contribution in [0.1, 0.15) is 23.6 Å². The summed E-state index contributed by atoms with van der Waals surface area (Å²) in [5.74, 6) is 0. The second-order valence-corrected chi connectivity index (χ2v) is 5.17. The van der Waals surface area contributed by atoms with Crippen molar-refractivity contribution in [2.75, 3.05) is 7.05 Å². The Kier molecular flexibility index (Phi) is 3.92. The number of hydrogen-bond acceptors (Lipinski definition) is 4. The molecule has 0 aliphatic heterocycles. The molecule has 0 saturated heterocycles. The molecule has 0 radical (unpaired) electrons. The molecule has 21 heavy (non-hydrogen) atoms. The topological polar surface area (TPSA) is 55.6 Å². The third kappa shape index (κ3) is 2.92. The SMILES string of the molecule is CNC(CCc1cnn(C)c1)c1cccc2nccnc12. The third-order valence-electron chi connectivity index (χ3n) is 3.73. The van der Waals surface area contributed by atoms with Gasteiger partial charge in [-0.05, 0) is 37.1 Å². The first kappa shape index (κ1) is 13.7. The van der Waals surface area contributed by atoms with Crippen molar-refractivity contribution >= 4 is 11.0 Å². The van der Waals surface area contributed by atoms with E-state index in [4.69, 9.17) is 0 Å². The summed E-state index contributed by atoms with van der Waals surface area (Å²) in [4.78, 5) is 8.87. The van der Waals surface area contributed by atoms with Crippen LogP contribution in [0.2, 0.25) is 0 Å². The molecule has 5 nitrogen and oxygen atoms in total. The Labute approximate surface area is 124 Å². The van der Waals surface area contributed by atoms with Gasteiger partial charge in [0, 0.05) is 31.7 Å². The molecule has 0 bridgehead atoms. The summed E-state index contributed by atoms with van der Waals surface area (Å²) in [6.07, 6.45) is 9.45. The van der Waals surface area contributed by atoms with Gasteiger partial charge in [-0.1, -0.05) is 12.1 Å². The van der Waals surface area contributed by atoms with Crippen LogP contribution in [0, 0.1) is 0 Å². The van der Waals surface area contributed by atoms with Gasteiger partial charge >= 0.3 is 0 Å². The van der Waals surface area contributed by atoms with E-state index in [1.54, 1.807) is 12.4 Å². The molecule has 5 heteroatoms. The molecule has 1 atom stereocenters. The zero-order valence-electron chi connectivity index (χ0n) is 12.3. The molecule has 2 aromatic heterocycles. The number of nitrogens with zero attached hydrogens (tertiary/aromatic N) is 4. The van der Waals surface area contributed by atoms with Crippen molar-refractivity contribution < 1.29 is 0 Å². The first-order valence-corrected chi connectivity index (χ1v) is 7.12. The maximum absolute atomic E-state index is 4.49. The van der Waals surface area contributed by atoms with E-state index in [1.807, 2.05) is 37.1 Å². The number of fused-ring (bicyclic) bond motifs is 1. The van der Waals surface area contributed by atoms with Crippen LogP contribution in [0.5, 0.6) is 0 Å². The van der Waals surface area contributed by atoms with Crippen molar-refractivity contribution in [3.63, 3.8) is 0 Å². The molecule has 3 aromatic rings. The van der Waals surface area contributed by atoms with Crippen LogP contribution >= 0.6 is 0 Å². The molecular weight excluding hydrogens is 262 g/mol. The highest BCUT2D eigenvalue weighted by molar-refractivity contribution is 5.78. The van der Waals surface area contributed by atoms with Crippen molar-refractivity contribution in [2.24, 2.45) is 7.05 Å². The molecular formula is C16H19N5. The second-order valence-electron chi connectivity index (χ2n) is 5.17. The fraction of sp³-hybridized carbons (Fsp3) is 0.312. The number of rotatable bonds is 5. The Morgan fingerprint density at radius 1 is 1.24 bits per heavy atom. The zero-order chi connectivity index (χ0) is 14.7. The summed E-state index contributed by atoms with van der Waals surface area (Å²) >= 11 is 0. The Balaban J connectivity index is 1.84. The highest BCUT2D eigenvalue weighted by atomic mass is 15.2. The molecule has 1 N–H and O–H groups in total. The van der Waals surface area contributed by atoms with Crippen LogP contribution in [0.25, 0.3) is 11.0 Å². The Hall–Kier alpha value is -2.27. The minimum absolute atomic E-state index is 0.255. The van der Waals surface area contributed by atoms with Gasteiger partial charge in [0.2, 0.25) is 0 Å². The summed E-state index contributed by atoms with van der Waals surface area (Å²) in [5, 5.41) is 7.61. The van der Waals surface area contributed by atoms with E-state index >= 15 is 0 Å². The highest BCUT2D eigenvalue weighted by Gasteiger charge is 2.14. The molecule has 1 unspecified atom stereocenters. The molecule has 3 rings (SSSR count). The van der Waals surface area contributed by atoms with Gasteiger partial charge in [-0.15, -0.1) is 0 Å². The standard InChI is InChI=1S/C16H19N5/c1-17-14(7-6-12-10-20-21(2)11-12)13-4-3-5-15-16(13)19-9-8-18-15/h3-5,8-11,14,17H,6-7H2,1-2H3. The molecule has 108 valence electrons. The summed E-state index contributed by atoms with van der Waals surface area (Å²) in [5.41, 5.74) is 4.37. The number of aromatic nitrogens is 4. The summed E-state index contributed by atoms with van der Waals surface area (Å²) in [6.45, 7) is 0. The van der Waals surface area contributed by atoms with Gasteiger partial charge in [-0.3, -0.25) is 14.6 Å². The summed E-state index contributed by atoms with van der Waals surface area (Å²) < 4.78 is 1.84. The van der Waals surface area contributed by atoms with Crippen LogP contribution < -0.4 is 5.32 Å². The fourth-order valence-electron chi connectivity index (χ4n) is 2.66. The zero-order valence-corrected chi connectivity index (χ0v) is 12.3. The molecule has 0 aliphatic rings. The van der Waals surface area contributed by atoms with E-state index in [9.17, 15) is 0 Å². The molecule has 0 saturated carbocycles. The van der Waals surface area contributed by atoms with Crippen molar-refractivity contribution in [2.45, 2.75) is 18.9 Å². The van der Waals surface area contributed by atoms with Gasteiger partial charge in [-0.25, -0.2) is 0 Å². The maximum atomic E-state index is 4.49. The van der Waals surface area contributed by atoms with Gasteiger partial charge in [0.05, 0.1) is 17.2 Å². The smallest absolute Gasteiger partial charge is 0.0934 e. The predicted molar refractivity (Wildman–Crippen MR) is 82.9 cm³/mol. The number of nitrogens with one attached hydrogen (secondary N) is 1. The van der Waals surface area contributed by atoms with Crippen LogP contribution in [0.4, 0.5) is 0 Å². The van der Waals surface area contributed by atoms with Gasteiger partial charge < -0.3 is 5.32 Å². The van der Waals surface area contributed by atoms with Gasteiger partial charge in [0.15, 0.2) is 0 Å². The van der Waals surface area contributed by atoms with Crippen molar-refractivity contribution in [1.29, 1.82) is 0 Å². The van der Waals surface area contributed by atoms with Crippen molar-refractivity contribution in [1.82, 2.24) is 25.1 Å². The Morgan fingerprint density at radius 2 is 2.10 bits per heavy atom. The quantitative estimate of drug-likeness (QED) is 0.779. The Morgan fingerprint density at radius 3 is 2.86 bits per heavy atom. The molecule has 0 amide bonds. The predicted octanol–water partition coefficient (Wildman–Crippen LogP) is 2.26. The van der Waals surface area contributed by atoms with Crippen LogP contribution in [0.3, 0.4) is 0 Å². The largest absolute Gasteiger partial charge is 0.313 e. The molecule has 0 fully saturated rings. The lowest BCUT2D eigenvalue weighted by Gasteiger charge is -2.17. The van der Waals surface area contributed by atoms with E-state index in [0.29, 0.717) is 0 Å².